The van der Waals surface area contributed by atoms with E-state index >= 15 is 0 Å². The van der Waals surface area contributed by atoms with Crippen molar-refractivity contribution in [1.82, 2.24) is 34.1 Å². The van der Waals surface area contributed by atoms with E-state index in [2.05, 4.69) is 145 Å². The van der Waals surface area contributed by atoms with Crippen LogP contribution in [0, 0.1) is 18.5 Å². The van der Waals surface area contributed by atoms with Crippen molar-refractivity contribution < 1.29 is 30.4 Å². The van der Waals surface area contributed by atoms with Crippen LogP contribution in [0.15, 0.2) is 140 Å². The molecule has 0 atom stereocenters. The Morgan fingerprint density at radius 3 is 1.74 bits per heavy atom. The monoisotopic (exact) mass is 1050 g/mol. The molecule has 10 aromatic rings. The smallest absolute Gasteiger partial charge is 0.268 e. The Morgan fingerprint density at radius 2 is 1.11 bits per heavy atom. The number of aromatic nitrogens is 8. The van der Waals surface area contributed by atoms with E-state index in [0.717, 1.165) is 72.3 Å². The van der Waals surface area contributed by atoms with Crippen LogP contribution in [0.25, 0.3) is 72.8 Å². The van der Waals surface area contributed by atoms with E-state index in [1.807, 2.05) is 90.1 Å². The first-order chi connectivity index (χ1) is 31.1. The number of hydrogen-bond acceptors (Lipinski definition) is 6. The molecule has 0 aliphatic rings. The molecule has 5 heterocycles. The van der Waals surface area contributed by atoms with Gasteiger partial charge in [-0.15, -0.1) is 29.7 Å². The minimum absolute atomic E-state index is 0. The maximum Gasteiger partial charge on any atom is 0.268 e. The summed E-state index contributed by atoms with van der Waals surface area (Å²) in [6.45, 7) is 19.6. The van der Waals surface area contributed by atoms with Crippen molar-refractivity contribution in [2.75, 3.05) is 0 Å². The van der Waals surface area contributed by atoms with Gasteiger partial charge in [0.1, 0.15) is 5.82 Å². The van der Waals surface area contributed by atoms with E-state index in [9.17, 15) is 0 Å². The van der Waals surface area contributed by atoms with Gasteiger partial charge in [0.25, 0.3) is 6.33 Å². The molecule has 0 N–H and O–H groups in total. The molecule has 5 aromatic carbocycles. The topological polar surface area (TPSA) is 87.4 Å². The maximum absolute atomic E-state index is 6.63. The normalized spacial score (nSPS) is 12.2. The first-order valence-electron chi connectivity index (χ1n) is 22.0. The zero-order valence-electron chi connectivity index (χ0n) is 38.6. The van der Waals surface area contributed by atoms with E-state index in [-0.39, 0.29) is 37.3 Å². The third-order valence-electron chi connectivity index (χ3n) is 12.0. The average Bonchev–Trinajstić information content (AvgIpc) is 3.84. The molecule has 0 bridgehead atoms. The second-order valence-electron chi connectivity index (χ2n) is 19.6. The standard InChI is InChI=1S/C56H50N8O.Pt/c1-54(2,3)36-26-27-57-50(28-36)64-46-21-11-10-18-42(46)43-25-24-41(30-49(43)64)65-40-17-14-16-39(29-40)62-35-63(48-23-13-12-22-47(48)62)51-44(52-58-31-37(32-59-52)55(4,5)6)19-15-20-45(51)53-60-33-38(34-61-53)56(7,8)9;/h10-28,31-34H,1-9H3;/q-2;. The maximum atomic E-state index is 6.63. The fourth-order valence-corrected chi connectivity index (χ4v) is 8.18. The Labute approximate surface area is 400 Å². The molecule has 0 spiro atoms. The number of para-hydroxylation sites is 4. The van der Waals surface area contributed by atoms with Gasteiger partial charge < -0.3 is 13.9 Å². The number of rotatable bonds is 7. The predicted octanol–water partition coefficient (Wildman–Crippen LogP) is 12.4. The van der Waals surface area contributed by atoms with Crippen LogP contribution in [-0.4, -0.2) is 34.1 Å². The van der Waals surface area contributed by atoms with Gasteiger partial charge in [0, 0.05) is 80.2 Å². The van der Waals surface area contributed by atoms with Crippen molar-refractivity contribution in [1.29, 1.82) is 0 Å². The molecule has 9 nitrogen and oxygen atoms in total. The third kappa shape index (κ3) is 8.22. The number of hydrogen-bond donors (Lipinski definition) is 0. The Kier molecular flexibility index (Phi) is 11.3. The SMILES string of the molecule is CC(C)(C)c1cnc(-c2cccc(-c3ncc(C(C)(C)C)cn3)c2-[n+]2[c-]n(-c3[c-]c(Oc4[c-]c5c(cc4)c4ccccc4n5-c4cc(C(C)(C)C)ccn4)ccc3)c3ccccc32)nc1.[Pt]. The minimum Gasteiger partial charge on any atom is -0.510 e. The number of benzene rings is 5. The summed E-state index contributed by atoms with van der Waals surface area (Å²) in [5, 5.41) is 2.19. The van der Waals surface area contributed by atoms with Crippen LogP contribution < -0.4 is 9.30 Å². The Bertz CT molecular complexity index is 3330. The van der Waals surface area contributed by atoms with E-state index in [1.165, 1.54) is 5.56 Å². The number of pyridine rings is 1. The first-order valence-corrected chi connectivity index (χ1v) is 22.0. The Morgan fingerprint density at radius 1 is 0.530 bits per heavy atom. The second-order valence-corrected chi connectivity index (χ2v) is 19.6. The van der Waals surface area contributed by atoms with Gasteiger partial charge in [0.15, 0.2) is 11.6 Å². The average molecular weight is 1050 g/mol. The summed E-state index contributed by atoms with van der Waals surface area (Å²) in [4.78, 5) is 24.6. The molecule has 0 radical (unpaired) electrons. The van der Waals surface area contributed by atoms with Crippen LogP contribution in [-0.2, 0) is 37.3 Å². The van der Waals surface area contributed by atoms with Gasteiger partial charge in [-0.2, -0.15) is 18.2 Å². The summed E-state index contributed by atoms with van der Waals surface area (Å²) in [6.07, 6.45) is 13.3. The van der Waals surface area contributed by atoms with Crippen molar-refractivity contribution in [3.63, 3.8) is 0 Å². The predicted molar refractivity (Wildman–Crippen MR) is 258 cm³/mol. The van der Waals surface area contributed by atoms with E-state index < -0.39 is 0 Å². The molecule has 0 saturated heterocycles. The van der Waals surface area contributed by atoms with Gasteiger partial charge in [-0.3, -0.25) is 4.57 Å². The minimum atomic E-state index is -0.0998. The first kappa shape index (κ1) is 44.4. The molecule has 0 aliphatic heterocycles. The molecule has 5 aromatic heterocycles. The molecule has 0 saturated carbocycles. The summed E-state index contributed by atoms with van der Waals surface area (Å²) in [7, 11) is 0. The Hall–Kier alpha value is -6.83. The number of fused-ring (bicyclic) bond motifs is 4. The van der Waals surface area contributed by atoms with Crippen LogP contribution in [0.5, 0.6) is 11.5 Å². The summed E-state index contributed by atoms with van der Waals surface area (Å²) >= 11 is 0. The molecule has 0 fully saturated rings. The number of nitrogens with zero attached hydrogens (tertiary/aromatic N) is 8. The van der Waals surface area contributed by atoms with Crippen LogP contribution in [0.4, 0.5) is 0 Å². The summed E-state index contributed by atoms with van der Waals surface area (Å²) < 4.78 is 12.9. The molecule has 66 heavy (non-hydrogen) atoms. The Balaban J connectivity index is 0.00000548. The van der Waals surface area contributed by atoms with Crippen LogP contribution in [0.1, 0.15) is 79.0 Å². The van der Waals surface area contributed by atoms with E-state index in [4.69, 9.17) is 29.7 Å². The second kappa shape index (κ2) is 16.9. The quantitative estimate of drug-likeness (QED) is 0.117. The van der Waals surface area contributed by atoms with Crippen molar-refractivity contribution in [2.45, 2.75) is 78.6 Å². The molecule has 0 unspecified atom stereocenters. The fraction of sp³-hybridized carbons (Fsp3) is 0.214. The van der Waals surface area contributed by atoms with Gasteiger partial charge >= 0.3 is 0 Å². The van der Waals surface area contributed by atoms with Gasteiger partial charge in [-0.1, -0.05) is 128 Å². The van der Waals surface area contributed by atoms with Crippen molar-refractivity contribution in [3.05, 3.63) is 175 Å². The van der Waals surface area contributed by atoms with Crippen molar-refractivity contribution in [2.24, 2.45) is 0 Å². The van der Waals surface area contributed by atoms with Gasteiger partial charge in [0.2, 0.25) is 0 Å². The molecule has 10 rings (SSSR count). The molecule has 0 aliphatic carbocycles. The molecular weight excluding hydrogens is 996 g/mol. The zero-order valence-corrected chi connectivity index (χ0v) is 40.9. The van der Waals surface area contributed by atoms with Gasteiger partial charge in [-0.05, 0) is 62.2 Å². The van der Waals surface area contributed by atoms with E-state index in [1.54, 1.807) is 0 Å². The summed E-state index contributed by atoms with van der Waals surface area (Å²) in [5.74, 6) is 3.11. The third-order valence-corrected chi connectivity index (χ3v) is 12.0. The molecule has 0 amide bonds. The van der Waals surface area contributed by atoms with Crippen LogP contribution in [0.3, 0.4) is 0 Å². The molecule has 332 valence electrons. The molecule has 10 heteroatoms. The molecular formula is C56H50N8OPt-2. The largest absolute Gasteiger partial charge is 0.510 e. The van der Waals surface area contributed by atoms with Gasteiger partial charge in [-0.25, -0.2) is 24.9 Å². The van der Waals surface area contributed by atoms with Crippen molar-refractivity contribution >= 4 is 32.8 Å². The number of ether oxygens (including phenoxy) is 1. The summed E-state index contributed by atoms with van der Waals surface area (Å²) in [6, 6.07) is 44.1. The fourth-order valence-electron chi connectivity index (χ4n) is 8.18. The van der Waals surface area contributed by atoms with Crippen molar-refractivity contribution in [3.8, 4) is 51.5 Å². The van der Waals surface area contributed by atoms with Gasteiger partial charge in [0.05, 0.1) is 16.7 Å². The van der Waals surface area contributed by atoms with E-state index in [0.29, 0.717) is 23.1 Å². The van der Waals surface area contributed by atoms with Crippen LogP contribution in [0.2, 0.25) is 0 Å². The zero-order chi connectivity index (χ0) is 45.3. The van der Waals surface area contributed by atoms with Crippen LogP contribution >= 0.6 is 0 Å². The summed E-state index contributed by atoms with van der Waals surface area (Å²) in [5.41, 5.74) is 10.0. The number of imidazole rings is 1.